The summed E-state index contributed by atoms with van der Waals surface area (Å²) in [5.74, 6) is 0.900. The van der Waals surface area contributed by atoms with Crippen LogP contribution in [0.1, 0.15) is 30.4 Å². The molecule has 3 heteroatoms. The van der Waals surface area contributed by atoms with E-state index in [4.69, 9.17) is 4.74 Å². The quantitative estimate of drug-likeness (QED) is 0.861. The maximum absolute atomic E-state index is 9.95. The zero-order valence-corrected chi connectivity index (χ0v) is 11.3. The van der Waals surface area contributed by atoms with E-state index in [9.17, 15) is 5.11 Å². The zero-order valence-electron chi connectivity index (χ0n) is 11.3. The summed E-state index contributed by atoms with van der Waals surface area (Å²) >= 11 is 0. The molecule has 0 bridgehead atoms. The Morgan fingerprint density at radius 3 is 2.89 bits per heavy atom. The van der Waals surface area contributed by atoms with Crippen LogP contribution >= 0.6 is 0 Å². The molecule has 0 aliphatic carbocycles. The lowest BCUT2D eigenvalue weighted by molar-refractivity contribution is 0.175. The predicted octanol–water partition coefficient (Wildman–Crippen LogP) is 2.01. The second-order valence-electron chi connectivity index (χ2n) is 5.25. The Labute approximate surface area is 109 Å². The van der Waals surface area contributed by atoms with E-state index in [0.717, 1.165) is 43.7 Å². The third kappa shape index (κ3) is 2.52. The molecule has 100 valence electrons. The summed E-state index contributed by atoms with van der Waals surface area (Å²) in [4.78, 5) is 0. The van der Waals surface area contributed by atoms with Crippen molar-refractivity contribution < 1.29 is 9.84 Å². The van der Waals surface area contributed by atoms with Gasteiger partial charge in [-0.2, -0.15) is 0 Å². The maximum atomic E-state index is 9.95. The molecule has 1 aliphatic rings. The average Bonchev–Trinajstić information content (AvgIpc) is 2.65. The topological polar surface area (TPSA) is 41.5 Å². The number of hydrogen-bond donors (Lipinski definition) is 2. The van der Waals surface area contributed by atoms with E-state index in [2.05, 4.69) is 24.4 Å². The number of benzene rings is 1. The van der Waals surface area contributed by atoms with Gasteiger partial charge in [0.1, 0.15) is 5.75 Å². The van der Waals surface area contributed by atoms with Crippen LogP contribution in [-0.4, -0.2) is 31.9 Å². The summed E-state index contributed by atoms with van der Waals surface area (Å²) < 4.78 is 5.49. The fourth-order valence-corrected chi connectivity index (χ4v) is 2.88. The fraction of sp³-hybridized carbons (Fsp3) is 0.600. The van der Waals surface area contributed by atoms with Crippen LogP contribution in [0.5, 0.6) is 5.75 Å². The van der Waals surface area contributed by atoms with Crippen LogP contribution in [0.4, 0.5) is 0 Å². The molecule has 1 aliphatic heterocycles. The van der Waals surface area contributed by atoms with Crippen LogP contribution in [-0.2, 0) is 5.41 Å². The Bertz CT molecular complexity index is 395. The summed E-state index contributed by atoms with van der Waals surface area (Å²) in [5.41, 5.74) is 2.23. The molecule has 0 aromatic heterocycles. The third-order valence-electron chi connectivity index (χ3n) is 4.02. The molecule has 18 heavy (non-hydrogen) atoms. The van der Waals surface area contributed by atoms with Gasteiger partial charge in [0.2, 0.25) is 0 Å². The van der Waals surface area contributed by atoms with Crippen molar-refractivity contribution in [2.45, 2.75) is 31.6 Å². The van der Waals surface area contributed by atoms with Gasteiger partial charge in [0, 0.05) is 11.0 Å². The molecule has 0 spiro atoms. The summed E-state index contributed by atoms with van der Waals surface area (Å²) in [6.45, 7) is 4.27. The van der Waals surface area contributed by atoms with Crippen LogP contribution in [0.15, 0.2) is 18.2 Å². The highest BCUT2D eigenvalue weighted by molar-refractivity contribution is 5.42. The number of ether oxygens (including phenoxy) is 1. The van der Waals surface area contributed by atoms with Gasteiger partial charge in [0.15, 0.2) is 0 Å². The Balaban J connectivity index is 2.44. The smallest absolute Gasteiger partial charge is 0.122 e. The number of aliphatic hydroxyl groups is 1. The number of aliphatic hydroxyl groups excluding tert-OH is 1. The molecule has 3 nitrogen and oxygen atoms in total. The van der Waals surface area contributed by atoms with Crippen LogP contribution < -0.4 is 10.1 Å². The van der Waals surface area contributed by atoms with Crippen molar-refractivity contribution in [3.63, 3.8) is 0 Å². The molecule has 1 heterocycles. The van der Waals surface area contributed by atoms with E-state index in [0.29, 0.717) is 0 Å². The molecule has 0 radical (unpaired) electrons. The summed E-state index contributed by atoms with van der Waals surface area (Å²) in [5, 5.41) is 13.4. The molecular weight excluding hydrogens is 226 g/mol. The first-order valence-electron chi connectivity index (χ1n) is 6.68. The zero-order chi connectivity index (χ0) is 13.0. The van der Waals surface area contributed by atoms with Crippen LogP contribution in [0.2, 0.25) is 0 Å². The Morgan fingerprint density at radius 1 is 1.33 bits per heavy atom. The van der Waals surface area contributed by atoms with E-state index < -0.39 is 0 Å². The van der Waals surface area contributed by atoms with Gasteiger partial charge in [-0.25, -0.2) is 0 Å². The predicted molar refractivity (Wildman–Crippen MR) is 73.2 cm³/mol. The molecule has 1 atom stereocenters. The molecule has 2 rings (SSSR count). The lowest BCUT2D eigenvalue weighted by Gasteiger charge is -2.32. The van der Waals surface area contributed by atoms with Crippen LogP contribution in [0.3, 0.4) is 0 Å². The molecular formula is C15H23NO2. The van der Waals surface area contributed by atoms with Gasteiger partial charge in [0.25, 0.3) is 0 Å². The van der Waals surface area contributed by atoms with Crippen molar-refractivity contribution in [3.8, 4) is 5.75 Å². The number of hydrogen-bond acceptors (Lipinski definition) is 3. The van der Waals surface area contributed by atoms with Gasteiger partial charge in [-0.15, -0.1) is 0 Å². The van der Waals surface area contributed by atoms with Gasteiger partial charge < -0.3 is 15.2 Å². The highest BCUT2D eigenvalue weighted by Gasteiger charge is 2.34. The van der Waals surface area contributed by atoms with Gasteiger partial charge >= 0.3 is 0 Å². The van der Waals surface area contributed by atoms with E-state index in [-0.39, 0.29) is 12.0 Å². The average molecular weight is 249 g/mol. The highest BCUT2D eigenvalue weighted by Crippen LogP contribution is 2.39. The first-order chi connectivity index (χ1) is 8.72. The second kappa shape index (κ2) is 5.72. The molecule has 1 saturated heterocycles. The standard InChI is InChI=1S/C15H23NO2/c1-12-4-5-14(18-2)13(10-12)15(11-17)6-3-8-16-9-7-15/h4-5,10,16-17H,3,6-9,11H2,1-2H3. The largest absolute Gasteiger partial charge is 0.496 e. The number of nitrogens with one attached hydrogen (secondary N) is 1. The van der Waals surface area contributed by atoms with Crippen LogP contribution in [0.25, 0.3) is 0 Å². The van der Waals surface area contributed by atoms with E-state index >= 15 is 0 Å². The molecule has 0 saturated carbocycles. The Kier molecular flexibility index (Phi) is 4.25. The summed E-state index contributed by atoms with van der Waals surface area (Å²) in [6.07, 6.45) is 3.07. The Hall–Kier alpha value is -1.06. The normalized spacial score (nSPS) is 24.6. The SMILES string of the molecule is COc1ccc(C)cc1C1(CO)CCCNCC1. The summed E-state index contributed by atoms with van der Waals surface area (Å²) in [7, 11) is 1.70. The minimum Gasteiger partial charge on any atom is -0.496 e. The fourth-order valence-electron chi connectivity index (χ4n) is 2.88. The molecule has 1 unspecified atom stereocenters. The molecule has 0 amide bonds. The summed E-state index contributed by atoms with van der Waals surface area (Å²) in [6, 6.07) is 6.24. The Morgan fingerprint density at radius 2 is 2.17 bits per heavy atom. The van der Waals surface area contributed by atoms with E-state index in [1.54, 1.807) is 7.11 Å². The van der Waals surface area contributed by atoms with Gasteiger partial charge in [-0.1, -0.05) is 17.7 Å². The van der Waals surface area contributed by atoms with Gasteiger partial charge in [-0.3, -0.25) is 0 Å². The number of methoxy groups -OCH3 is 1. The van der Waals surface area contributed by atoms with Crippen LogP contribution in [0, 0.1) is 6.92 Å². The van der Waals surface area contributed by atoms with E-state index in [1.807, 2.05) is 6.07 Å². The lowest BCUT2D eigenvalue weighted by Crippen LogP contribution is -2.32. The first kappa shape index (κ1) is 13.4. The van der Waals surface area contributed by atoms with Gasteiger partial charge in [0.05, 0.1) is 13.7 Å². The van der Waals surface area contributed by atoms with Crippen molar-refractivity contribution >= 4 is 0 Å². The van der Waals surface area contributed by atoms with Crippen molar-refractivity contribution in [2.75, 3.05) is 26.8 Å². The maximum Gasteiger partial charge on any atom is 0.122 e. The highest BCUT2D eigenvalue weighted by atomic mass is 16.5. The van der Waals surface area contributed by atoms with E-state index in [1.165, 1.54) is 5.56 Å². The molecule has 2 N–H and O–H groups in total. The van der Waals surface area contributed by atoms with Crippen molar-refractivity contribution in [3.05, 3.63) is 29.3 Å². The number of rotatable bonds is 3. The molecule has 1 aromatic rings. The first-order valence-corrected chi connectivity index (χ1v) is 6.68. The molecule has 1 fully saturated rings. The van der Waals surface area contributed by atoms with Gasteiger partial charge in [-0.05, 0) is 45.3 Å². The minimum atomic E-state index is -0.152. The molecule has 1 aromatic carbocycles. The minimum absolute atomic E-state index is 0.152. The lowest BCUT2D eigenvalue weighted by atomic mass is 9.74. The third-order valence-corrected chi connectivity index (χ3v) is 4.02. The van der Waals surface area contributed by atoms with Crippen molar-refractivity contribution in [2.24, 2.45) is 0 Å². The van der Waals surface area contributed by atoms with Crippen molar-refractivity contribution in [1.29, 1.82) is 0 Å². The van der Waals surface area contributed by atoms with Crippen molar-refractivity contribution in [1.82, 2.24) is 5.32 Å². The second-order valence-corrected chi connectivity index (χ2v) is 5.25. The monoisotopic (exact) mass is 249 g/mol. The number of aryl methyl sites for hydroxylation is 1.